The fourth-order valence-corrected chi connectivity index (χ4v) is 2.46. The van der Waals surface area contributed by atoms with E-state index in [4.69, 9.17) is 0 Å². The number of anilines is 2. The Morgan fingerprint density at radius 2 is 1.67 bits per heavy atom. The lowest BCUT2D eigenvalue weighted by Crippen LogP contribution is -2.24. The maximum absolute atomic E-state index is 12.3. The fraction of sp³-hybridized carbons (Fsp3) is 0.143. The molecule has 2 N–H and O–H groups in total. The Bertz CT molecular complexity index is 951. The molecule has 136 valence electrons. The zero-order chi connectivity index (χ0) is 19.2. The van der Waals surface area contributed by atoms with Crippen LogP contribution in [0.4, 0.5) is 11.5 Å². The number of hydrogen-bond donors (Lipinski definition) is 2. The molecular formula is C21H20N4O2. The SMILES string of the molecule is CC(=O)c1ccc(Nc2cc(C(=O)NCc3ccc(C)cc3)ncn2)cc1. The molecule has 0 radical (unpaired) electrons. The van der Waals surface area contributed by atoms with E-state index >= 15 is 0 Å². The Hall–Kier alpha value is -3.54. The number of aryl methyl sites for hydroxylation is 1. The third kappa shape index (κ3) is 4.98. The smallest absolute Gasteiger partial charge is 0.270 e. The third-order valence-corrected chi connectivity index (χ3v) is 4.04. The van der Waals surface area contributed by atoms with E-state index in [-0.39, 0.29) is 17.4 Å². The molecule has 0 aliphatic heterocycles. The average Bonchev–Trinajstić information content (AvgIpc) is 2.68. The van der Waals surface area contributed by atoms with E-state index < -0.39 is 0 Å². The number of aromatic nitrogens is 2. The van der Waals surface area contributed by atoms with E-state index in [0.717, 1.165) is 11.3 Å². The highest BCUT2D eigenvalue weighted by molar-refractivity contribution is 5.94. The molecule has 3 rings (SSSR count). The van der Waals surface area contributed by atoms with Gasteiger partial charge in [-0.3, -0.25) is 9.59 Å². The zero-order valence-electron chi connectivity index (χ0n) is 15.2. The van der Waals surface area contributed by atoms with Crippen molar-refractivity contribution in [3.8, 4) is 0 Å². The summed E-state index contributed by atoms with van der Waals surface area (Å²) in [5.74, 6) is 0.241. The number of carbonyl (C=O) groups excluding carboxylic acids is 2. The second-order valence-corrected chi connectivity index (χ2v) is 6.22. The van der Waals surface area contributed by atoms with Crippen LogP contribution in [0.2, 0.25) is 0 Å². The standard InChI is InChI=1S/C21H20N4O2/c1-14-3-5-16(6-4-14)12-22-21(27)19-11-20(24-13-23-19)25-18-9-7-17(8-10-18)15(2)26/h3-11,13H,12H2,1-2H3,(H,22,27)(H,23,24,25). The average molecular weight is 360 g/mol. The van der Waals surface area contributed by atoms with Gasteiger partial charge in [0.25, 0.3) is 5.91 Å². The van der Waals surface area contributed by atoms with Crippen LogP contribution >= 0.6 is 0 Å². The summed E-state index contributed by atoms with van der Waals surface area (Å²) in [5, 5.41) is 5.95. The quantitative estimate of drug-likeness (QED) is 0.656. The van der Waals surface area contributed by atoms with Gasteiger partial charge in [0.1, 0.15) is 17.8 Å². The Balaban J connectivity index is 1.64. The maximum Gasteiger partial charge on any atom is 0.270 e. The van der Waals surface area contributed by atoms with Gasteiger partial charge >= 0.3 is 0 Å². The largest absolute Gasteiger partial charge is 0.347 e. The van der Waals surface area contributed by atoms with Gasteiger partial charge in [-0.25, -0.2) is 9.97 Å². The highest BCUT2D eigenvalue weighted by atomic mass is 16.1. The van der Waals surface area contributed by atoms with Crippen LogP contribution in [0.15, 0.2) is 60.9 Å². The monoisotopic (exact) mass is 360 g/mol. The van der Waals surface area contributed by atoms with Crippen LogP contribution in [-0.2, 0) is 6.54 Å². The maximum atomic E-state index is 12.3. The molecule has 27 heavy (non-hydrogen) atoms. The van der Waals surface area contributed by atoms with Crippen molar-refractivity contribution in [3.05, 3.63) is 83.3 Å². The number of nitrogens with one attached hydrogen (secondary N) is 2. The number of hydrogen-bond acceptors (Lipinski definition) is 5. The second-order valence-electron chi connectivity index (χ2n) is 6.22. The number of benzene rings is 2. The molecular weight excluding hydrogens is 340 g/mol. The zero-order valence-corrected chi connectivity index (χ0v) is 15.2. The van der Waals surface area contributed by atoms with Gasteiger partial charge in [-0.15, -0.1) is 0 Å². The molecule has 1 aromatic heterocycles. The summed E-state index contributed by atoms with van der Waals surface area (Å²) in [6.07, 6.45) is 1.34. The molecule has 0 spiro atoms. The van der Waals surface area contributed by atoms with Gasteiger partial charge in [-0.05, 0) is 43.7 Å². The van der Waals surface area contributed by atoms with Crippen molar-refractivity contribution in [1.82, 2.24) is 15.3 Å². The Morgan fingerprint density at radius 1 is 0.963 bits per heavy atom. The summed E-state index contributed by atoms with van der Waals surface area (Å²) in [6.45, 7) is 3.97. The van der Waals surface area contributed by atoms with Crippen LogP contribution < -0.4 is 10.6 Å². The van der Waals surface area contributed by atoms with Gasteiger partial charge in [0.15, 0.2) is 5.78 Å². The van der Waals surface area contributed by atoms with Crippen LogP contribution in [0.5, 0.6) is 0 Å². The molecule has 0 bridgehead atoms. The van der Waals surface area contributed by atoms with Crippen molar-refractivity contribution < 1.29 is 9.59 Å². The molecule has 6 heteroatoms. The lowest BCUT2D eigenvalue weighted by atomic mass is 10.1. The number of Topliss-reactive ketones (excluding diaryl/α,β-unsaturated/α-hetero) is 1. The molecule has 0 saturated heterocycles. The molecule has 0 saturated carbocycles. The van der Waals surface area contributed by atoms with E-state index in [1.165, 1.54) is 18.8 Å². The highest BCUT2D eigenvalue weighted by Gasteiger charge is 2.09. The van der Waals surface area contributed by atoms with Gasteiger partial charge in [-0.1, -0.05) is 29.8 Å². The molecule has 3 aromatic rings. The number of amides is 1. The Labute approximate surface area is 157 Å². The van der Waals surface area contributed by atoms with Crippen molar-refractivity contribution in [2.75, 3.05) is 5.32 Å². The number of nitrogens with zero attached hydrogens (tertiary/aromatic N) is 2. The first-order chi connectivity index (χ1) is 13.0. The summed E-state index contributed by atoms with van der Waals surface area (Å²) in [5.41, 5.74) is 3.88. The van der Waals surface area contributed by atoms with Gasteiger partial charge in [0.2, 0.25) is 0 Å². The van der Waals surface area contributed by atoms with Crippen molar-refractivity contribution in [2.24, 2.45) is 0 Å². The highest BCUT2D eigenvalue weighted by Crippen LogP contribution is 2.16. The lowest BCUT2D eigenvalue weighted by molar-refractivity contribution is 0.0945. The lowest BCUT2D eigenvalue weighted by Gasteiger charge is -2.08. The fourth-order valence-electron chi connectivity index (χ4n) is 2.46. The van der Waals surface area contributed by atoms with Crippen molar-refractivity contribution in [3.63, 3.8) is 0 Å². The Kier molecular flexibility index (Phi) is 5.56. The van der Waals surface area contributed by atoms with Crippen LogP contribution in [0.25, 0.3) is 0 Å². The number of carbonyl (C=O) groups is 2. The van der Waals surface area contributed by atoms with Crippen LogP contribution in [-0.4, -0.2) is 21.7 Å². The molecule has 0 unspecified atom stereocenters. The molecule has 0 aliphatic rings. The van der Waals surface area contributed by atoms with Crippen LogP contribution in [0.1, 0.15) is 38.9 Å². The summed E-state index contributed by atoms with van der Waals surface area (Å²) >= 11 is 0. The third-order valence-electron chi connectivity index (χ3n) is 4.04. The summed E-state index contributed by atoms with van der Waals surface area (Å²) in [4.78, 5) is 31.8. The minimum Gasteiger partial charge on any atom is -0.347 e. The van der Waals surface area contributed by atoms with Crippen molar-refractivity contribution in [2.45, 2.75) is 20.4 Å². The topological polar surface area (TPSA) is 84.0 Å². The predicted octanol–water partition coefficient (Wildman–Crippen LogP) is 3.66. The molecule has 1 amide bonds. The van der Waals surface area contributed by atoms with Gasteiger partial charge < -0.3 is 10.6 Å². The molecule has 0 aliphatic carbocycles. The second kappa shape index (κ2) is 8.23. The molecule has 1 heterocycles. The normalized spacial score (nSPS) is 10.3. The summed E-state index contributed by atoms with van der Waals surface area (Å²) in [7, 11) is 0. The van der Waals surface area contributed by atoms with E-state index in [9.17, 15) is 9.59 Å². The van der Waals surface area contributed by atoms with Crippen LogP contribution in [0, 0.1) is 6.92 Å². The van der Waals surface area contributed by atoms with Gasteiger partial charge in [-0.2, -0.15) is 0 Å². The van der Waals surface area contributed by atoms with Crippen molar-refractivity contribution >= 4 is 23.2 Å². The first kappa shape index (κ1) is 18.3. The van der Waals surface area contributed by atoms with Gasteiger partial charge in [0.05, 0.1) is 0 Å². The predicted molar refractivity (Wildman–Crippen MR) is 104 cm³/mol. The summed E-state index contributed by atoms with van der Waals surface area (Å²) in [6, 6.07) is 16.6. The minimum atomic E-state index is -0.270. The minimum absolute atomic E-state index is 0.0103. The molecule has 0 fully saturated rings. The van der Waals surface area contributed by atoms with E-state index in [1.807, 2.05) is 31.2 Å². The van der Waals surface area contributed by atoms with Crippen LogP contribution in [0.3, 0.4) is 0 Å². The van der Waals surface area contributed by atoms with E-state index in [0.29, 0.717) is 17.9 Å². The number of ketones is 1. The first-order valence-electron chi connectivity index (χ1n) is 8.55. The molecule has 6 nitrogen and oxygen atoms in total. The van der Waals surface area contributed by atoms with E-state index in [2.05, 4.69) is 20.6 Å². The first-order valence-corrected chi connectivity index (χ1v) is 8.55. The summed E-state index contributed by atoms with van der Waals surface area (Å²) < 4.78 is 0. The molecule has 2 aromatic carbocycles. The Morgan fingerprint density at radius 3 is 2.33 bits per heavy atom. The van der Waals surface area contributed by atoms with E-state index in [1.54, 1.807) is 30.3 Å². The van der Waals surface area contributed by atoms with Gasteiger partial charge in [0, 0.05) is 23.9 Å². The van der Waals surface area contributed by atoms with Crippen molar-refractivity contribution in [1.29, 1.82) is 0 Å². The molecule has 0 atom stereocenters. The number of rotatable bonds is 6.